The van der Waals surface area contributed by atoms with Crippen LogP contribution in [0.15, 0.2) is 18.2 Å². The summed E-state index contributed by atoms with van der Waals surface area (Å²) in [6.07, 6.45) is 0.736. The van der Waals surface area contributed by atoms with Crippen molar-refractivity contribution in [3.05, 3.63) is 29.3 Å². The molecule has 1 aromatic rings. The highest BCUT2D eigenvalue weighted by atomic mass is 16.5. The molecule has 0 fully saturated rings. The van der Waals surface area contributed by atoms with Crippen LogP contribution in [-0.4, -0.2) is 12.2 Å². The van der Waals surface area contributed by atoms with E-state index >= 15 is 0 Å². The van der Waals surface area contributed by atoms with Gasteiger partial charge >= 0.3 is 0 Å². The molecule has 64 valence electrons. The van der Waals surface area contributed by atoms with Gasteiger partial charge < -0.3 is 9.84 Å². The predicted molar refractivity (Wildman–Crippen MR) is 46.3 cm³/mol. The molecular formula is C10H12O2. The molecule has 1 N–H and O–H groups in total. The molecule has 0 spiro atoms. The lowest BCUT2D eigenvalue weighted by molar-refractivity contribution is 0.0299. The number of hydrogen-bond donors (Lipinski definition) is 1. The molecule has 0 aliphatic heterocycles. The third-order valence-corrected chi connectivity index (χ3v) is 2.41. The lowest BCUT2D eigenvalue weighted by atomic mass is 9.74. The minimum atomic E-state index is -0.679. The second-order valence-electron chi connectivity index (χ2n) is 3.45. The summed E-state index contributed by atoms with van der Waals surface area (Å²) < 4.78 is 5.15. The SMILES string of the molecule is COc1cccc2c1C(C)(O)C2. The molecule has 2 rings (SSSR count). The monoisotopic (exact) mass is 164 g/mol. The van der Waals surface area contributed by atoms with Crippen molar-refractivity contribution in [2.45, 2.75) is 18.9 Å². The molecule has 0 amide bonds. The van der Waals surface area contributed by atoms with Crippen molar-refractivity contribution in [3.63, 3.8) is 0 Å². The van der Waals surface area contributed by atoms with Crippen molar-refractivity contribution < 1.29 is 9.84 Å². The van der Waals surface area contributed by atoms with E-state index in [0.29, 0.717) is 0 Å². The predicted octanol–water partition coefficient (Wildman–Crippen LogP) is 1.46. The van der Waals surface area contributed by atoms with Gasteiger partial charge in [-0.1, -0.05) is 12.1 Å². The number of rotatable bonds is 1. The maximum absolute atomic E-state index is 9.80. The van der Waals surface area contributed by atoms with E-state index in [-0.39, 0.29) is 0 Å². The molecule has 12 heavy (non-hydrogen) atoms. The Labute approximate surface area is 71.8 Å². The van der Waals surface area contributed by atoms with Gasteiger partial charge in [-0.3, -0.25) is 0 Å². The van der Waals surface area contributed by atoms with Crippen LogP contribution in [0.1, 0.15) is 18.1 Å². The summed E-state index contributed by atoms with van der Waals surface area (Å²) >= 11 is 0. The molecule has 0 saturated carbocycles. The Hall–Kier alpha value is -1.02. The van der Waals surface area contributed by atoms with Crippen molar-refractivity contribution in [2.24, 2.45) is 0 Å². The molecule has 1 aliphatic carbocycles. The molecule has 0 saturated heterocycles. The largest absolute Gasteiger partial charge is 0.496 e. The third kappa shape index (κ3) is 0.847. The Morgan fingerprint density at radius 3 is 2.75 bits per heavy atom. The van der Waals surface area contributed by atoms with Gasteiger partial charge in [-0.25, -0.2) is 0 Å². The average molecular weight is 164 g/mol. The second-order valence-corrected chi connectivity index (χ2v) is 3.45. The molecule has 2 nitrogen and oxygen atoms in total. The van der Waals surface area contributed by atoms with E-state index in [0.717, 1.165) is 17.7 Å². The molecular weight excluding hydrogens is 152 g/mol. The normalized spacial score (nSPS) is 25.9. The molecule has 1 aliphatic rings. The van der Waals surface area contributed by atoms with Gasteiger partial charge in [0.1, 0.15) is 5.75 Å². The summed E-state index contributed by atoms with van der Waals surface area (Å²) in [6, 6.07) is 5.86. The van der Waals surface area contributed by atoms with Gasteiger partial charge in [-0.2, -0.15) is 0 Å². The van der Waals surface area contributed by atoms with Crippen LogP contribution in [0.3, 0.4) is 0 Å². The zero-order chi connectivity index (χ0) is 8.77. The summed E-state index contributed by atoms with van der Waals surface area (Å²) in [7, 11) is 1.63. The molecule has 1 aromatic carbocycles. The molecule has 1 atom stereocenters. The minimum absolute atomic E-state index is 0.679. The van der Waals surface area contributed by atoms with Crippen LogP contribution < -0.4 is 4.74 Å². The maximum atomic E-state index is 9.80. The van der Waals surface area contributed by atoms with E-state index in [2.05, 4.69) is 0 Å². The smallest absolute Gasteiger partial charge is 0.125 e. The molecule has 0 radical (unpaired) electrons. The van der Waals surface area contributed by atoms with E-state index in [1.54, 1.807) is 7.11 Å². The first-order valence-corrected chi connectivity index (χ1v) is 4.04. The van der Waals surface area contributed by atoms with Gasteiger partial charge in [0.05, 0.1) is 12.7 Å². The summed E-state index contributed by atoms with van der Waals surface area (Å²) in [5, 5.41) is 9.80. The number of methoxy groups -OCH3 is 1. The number of ether oxygens (including phenoxy) is 1. The van der Waals surface area contributed by atoms with Gasteiger partial charge in [0, 0.05) is 12.0 Å². The second kappa shape index (κ2) is 2.23. The summed E-state index contributed by atoms with van der Waals surface area (Å²) in [5.41, 5.74) is 1.47. The van der Waals surface area contributed by atoms with E-state index < -0.39 is 5.60 Å². The fraction of sp³-hybridized carbons (Fsp3) is 0.400. The number of aliphatic hydroxyl groups is 1. The first kappa shape index (κ1) is 7.62. The van der Waals surface area contributed by atoms with Gasteiger partial charge in [0.15, 0.2) is 0 Å². The highest BCUT2D eigenvalue weighted by Crippen LogP contribution is 2.44. The summed E-state index contributed by atoms with van der Waals surface area (Å²) in [5.74, 6) is 0.795. The average Bonchev–Trinajstić information content (AvgIpc) is 2.02. The Kier molecular flexibility index (Phi) is 1.42. The van der Waals surface area contributed by atoms with E-state index in [1.807, 2.05) is 25.1 Å². The Balaban J connectivity index is 2.54. The zero-order valence-electron chi connectivity index (χ0n) is 7.29. The summed E-state index contributed by atoms with van der Waals surface area (Å²) in [6.45, 7) is 1.82. The standard InChI is InChI=1S/C10H12O2/c1-10(11)6-7-4-3-5-8(12-2)9(7)10/h3-5,11H,6H2,1-2H3. The number of fused-ring (bicyclic) bond motifs is 1. The van der Waals surface area contributed by atoms with Crippen LogP contribution in [0.4, 0.5) is 0 Å². The van der Waals surface area contributed by atoms with Gasteiger partial charge in [0.2, 0.25) is 0 Å². The Morgan fingerprint density at radius 1 is 1.50 bits per heavy atom. The molecule has 1 unspecified atom stereocenters. The zero-order valence-corrected chi connectivity index (χ0v) is 7.29. The summed E-state index contributed by atoms with van der Waals surface area (Å²) in [4.78, 5) is 0. The number of benzene rings is 1. The van der Waals surface area contributed by atoms with Crippen molar-refractivity contribution in [2.75, 3.05) is 7.11 Å². The van der Waals surface area contributed by atoms with Crippen LogP contribution in [0.25, 0.3) is 0 Å². The van der Waals surface area contributed by atoms with Gasteiger partial charge in [-0.15, -0.1) is 0 Å². The van der Waals surface area contributed by atoms with Crippen molar-refractivity contribution in [1.82, 2.24) is 0 Å². The van der Waals surface area contributed by atoms with Crippen molar-refractivity contribution in [1.29, 1.82) is 0 Å². The molecule has 0 bridgehead atoms. The van der Waals surface area contributed by atoms with Gasteiger partial charge in [-0.05, 0) is 18.6 Å². The lowest BCUT2D eigenvalue weighted by Gasteiger charge is -2.37. The first-order chi connectivity index (χ1) is 5.65. The minimum Gasteiger partial charge on any atom is -0.496 e. The lowest BCUT2D eigenvalue weighted by Crippen LogP contribution is -2.35. The van der Waals surface area contributed by atoms with E-state index in [4.69, 9.17) is 4.74 Å². The van der Waals surface area contributed by atoms with Crippen LogP contribution in [0.2, 0.25) is 0 Å². The highest BCUT2D eigenvalue weighted by Gasteiger charge is 2.38. The van der Waals surface area contributed by atoms with Crippen molar-refractivity contribution >= 4 is 0 Å². The fourth-order valence-corrected chi connectivity index (χ4v) is 1.86. The maximum Gasteiger partial charge on any atom is 0.125 e. The fourth-order valence-electron chi connectivity index (χ4n) is 1.86. The van der Waals surface area contributed by atoms with Crippen LogP contribution >= 0.6 is 0 Å². The molecule has 0 aromatic heterocycles. The van der Waals surface area contributed by atoms with E-state index in [1.165, 1.54) is 5.56 Å². The molecule has 0 heterocycles. The third-order valence-electron chi connectivity index (χ3n) is 2.41. The van der Waals surface area contributed by atoms with Crippen LogP contribution in [0, 0.1) is 0 Å². The number of hydrogen-bond acceptors (Lipinski definition) is 2. The topological polar surface area (TPSA) is 29.5 Å². The van der Waals surface area contributed by atoms with Crippen LogP contribution in [0.5, 0.6) is 5.75 Å². The van der Waals surface area contributed by atoms with Crippen LogP contribution in [-0.2, 0) is 12.0 Å². The van der Waals surface area contributed by atoms with E-state index in [9.17, 15) is 5.11 Å². The Bertz CT molecular complexity index is 316. The van der Waals surface area contributed by atoms with Gasteiger partial charge in [0.25, 0.3) is 0 Å². The van der Waals surface area contributed by atoms with Crippen molar-refractivity contribution in [3.8, 4) is 5.75 Å². The Morgan fingerprint density at radius 2 is 2.25 bits per heavy atom. The molecule has 2 heteroatoms. The highest BCUT2D eigenvalue weighted by molar-refractivity contribution is 5.51. The first-order valence-electron chi connectivity index (χ1n) is 4.04. The quantitative estimate of drug-likeness (QED) is 0.681.